The Kier molecular flexibility index (Phi) is 6.61. The molecule has 0 radical (unpaired) electrons. The minimum Gasteiger partial charge on any atom is -0.493 e. The van der Waals surface area contributed by atoms with Gasteiger partial charge in [0, 0.05) is 24.7 Å². The number of anilines is 1. The maximum atomic E-state index is 12.4. The molecule has 2 aromatic rings. The van der Waals surface area contributed by atoms with E-state index >= 15 is 0 Å². The molecule has 1 heterocycles. The fourth-order valence-electron chi connectivity index (χ4n) is 3.40. The smallest absolute Gasteiger partial charge is 0.244 e. The van der Waals surface area contributed by atoms with Gasteiger partial charge in [-0.25, -0.2) is 0 Å². The van der Waals surface area contributed by atoms with Crippen LogP contribution in [-0.4, -0.2) is 45.7 Å². The molecular formula is C23H26N2O5. The van der Waals surface area contributed by atoms with E-state index in [-0.39, 0.29) is 24.3 Å². The number of carbonyl (C=O) groups is 2. The zero-order valence-corrected chi connectivity index (χ0v) is 17.6. The van der Waals surface area contributed by atoms with Gasteiger partial charge in [0.25, 0.3) is 0 Å². The fraction of sp³-hybridized carbons (Fsp3) is 0.304. The van der Waals surface area contributed by atoms with Gasteiger partial charge in [-0.05, 0) is 42.8 Å². The minimum atomic E-state index is -0.271. The van der Waals surface area contributed by atoms with Crippen molar-refractivity contribution in [1.82, 2.24) is 5.32 Å². The molecule has 158 valence electrons. The molecule has 1 saturated heterocycles. The van der Waals surface area contributed by atoms with E-state index in [0.29, 0.717) is 23.8 Å². The Balaban J connectivity index is 1.65. The summed E-state index contributed by atoms with van der Waals surface area (Å²) in [6.07, 6.45) is 3.37. The second kappa shape index (κ2) is 9.35. The second-order valence-corrected chi connectivity index (χ2v) is 7.04. The number of carbonyl (C=O) groups excluding carboxylic acids is 2. The van der Waals surface area contributed by atoms with Gasteiger partial charge in [-0.2, -0.15) is 0 Å². The normalized spacial score (nSPS) is 16.1. The fourth-order valence-corrected chi connectivity index (χ4v) is 3.40. The van der Waals surface area contributed by atoms with Crippen LogP contribution in [0.25, 0.3) is 6.08 Å². The molecule has 1 fully saturated rings. The van der Waals surface area contributed by atoms with Crippen LogP contribution in [0.4, 0.5) is 5.69 Å². The number of hydrogen-bond donors (Lipinski definition) is 1. The van der Waals surface area contributed by atoms with Crippen molar-refractivity contribution in [1.29, 1.82) is 0 Å². The quantitative estimate of drug-likeness (QED) is 0.710. The van der Waals surface area contributed by atoms with Crippen molar-refractivity contribution >= 4 is 23.6 Å². The summed E-state index contributed by atoms with van der Waals surface area (Å²) in [6, 6.07) is 11.0. The number of rotatable bonds is 7. The van der Waals surface area contributed by atoms with E-state index in [1.165, 1.54) is 27.4 Å². The molecule has 0 saturated carbocycles. The summed E-state index contributed by atoms with van der Waals surface area (Å²) in [5, 5.41) is 2.89. The van der Waals surface area contributed by atoms with Gasteiger partial charge in [0.15, 0.2) is 11.5 Å². The largest absolute Gasteiger partial charge is 0.493 e. The first-order chi connectivity index (χ1) is 14.4. The Morgan fingerprint density at radius 1 is 1.07 bits per heavy atom. The lowest BCUT2D eigenvalue weighted by Crippen LogP contribution is -2.36. The summed E-state index contributed by atoms with van der Waals surface area (Å²) >= 11 is 0. The highest BCUT2D eigenvalue weighted by molar-refractivity contribution is 5.98. The molecular weight excluding hydrogens is 384 g/mol. The third kappa shape index (κ3) is 4.74. The predicted molar refractivity (Wildman–Crippen MR) is 115 cm³/mol. The van der Waals surface area contributed by atoms with Crippen molar-refractivity contribution in [2.45, 2.75) is 19.4 Å². The molecule has 3 rings (SSSR count). The molecule has 1 aliphatic heterocycles. The van der Waals surface area contributed by atoms with Crippen molar-refractivity contribution in [3.05, 3.63) is 53.6 Å². The number of methoxy groups -OCH3 is 3. The lowest BCUT2D eigenvalue weighted by molar-refractivity contribution is -0.117. The lowest BCUT2D eigenvalue weighted by atomic mass is 10.1. The molecule has 7 heteroatoms. The van der Waals surface area contributed by atoms with Crippen molar-refractivity contribution in [3.8, 4) is 17.2 Å². The van der Waals surface area contributed by atoms with E-state index < -0.39 is 0 Å². The summed E-state index contributed by atoms with van der Waals surface area (Å²) in [7, 11) is 4.61. The number of benzene rings is 2. The van der Waals surface area contributed by atoms with E-state index in [4.69, 9.17) is 14.2 Å². The molecule has 7 nitrogen and oxygen atoms in total. The molecule has 0 aromatic heterocycles. The van der Waals surface area contributed by atoms with Gasteiger partial charge in [0.05, 0.1) is 27.4 Å². The van der Waals surface area contributed by atoms with Gasteiger partial charge in [0.1, 0.15) is 0 Å². The third-order valence-electron chi connectivity index (χ3n) is 4.93. The molecule has 0 bridgehead atoms. The highest BCUT2D eigenvalue weighted by Crippen LogP contribution is 2.38. The number of hydrogen-bond acceptors (Lipinski definition) is 5. The third-order valence-corrected chi connectivity index (χ3v) is 4.93. The summed E-state index contributed by atoms with van der Waals surface area (Å²) in [6.45, 7) is 2.45. The Morgan fingerprint density at radius 3 is 2.27 bits per heavy atom. The first kappa shape index (κ1) is 21.2. The van der Waals surface area contributed by atoms with E-state index in [1.807, 2.05) is 31.2 Å². The summed E-state index contributed by atoms with van der Waals surface area (Å²) in [4.78, 5) is 26.4. The van der Waals surface area contributed by atoms with Gasteiger partial charge in [0.2, 0.25) is 17.6 Å². The van der Waals surface area contributed by atoms with E-state index in [0.717, 1.165) is 16.8 Å². The van der Waals surface area contributed by atoms with Crippen LogP contribution in [0.15, 0.2) is 42.5 Å². The van der Waals surface area contributed by atoms with E-state index in [9.17, 15) is 9.59 Å². The Bertz CT molecular complexity index is 928. The van der Waals surface area contributed by atoms with Crippen LogP contribution in [0.1, 0.15) is 17.5 Å². The van der Waals surface area contributed by atoms with Crippen molar-refractivity contribution in [3.63, 3.8) is 0 Å². The van der Waals surface area contributed by atoms with Crippen molar-refractivity contribution in [2.24, 2.45) is 0 Å². The molecule has 2 amide bonds. The SMILES string of the molecule is COc1cc(/C=C/C(=O)N[C@@H]2CC(=O)N(c3ccc(C)cc3)C2)cc(OC)c1OC. The van der Waals surface area contributed by atoms with Gasteiger partial charge in [-0.1, -0.05) is 17.7 Å². The van der Waals surface area contributed by atoms with Crippen LogP contribution in [0.2, 0.25) is 0 Å². The zero-order chi connectivity index (χ0) is 21.7. The van der Waals surface area contributed by atoms with Gasteiger partial charge < -0.3 is 24.4 Å². The predicted octanol–water partition coefficient (Wildman–Crippen LogP) is 2.96. The lowest BCUT2D eigenvalue weighted by Gasteiger charge is -2.17. The topological polar surface area (TPSA) is 77.1 Å². The Hall–Kier alpha value is -3.48. The average Bonchev–Trinajstić information content (AvgIpc) is 3.11. The molecule has 0 aliphatic carbocycles. The molecule has 0 unspecified atom stereocenters. The maximum Gasteiger partial charge on any atom is 0.244 e. The number of nitrogens with zero attached hydrogens (tertiary/aromatic N) is 1. The molecule has 0 spiro atoms. The first-order valence-electron chi connectivity index (χ1n) is 9.60. The van der Waals surface area contributed by atoms with Crippen LogP contribution < -0.4 is 24.4 Å². The van der Waals surface area contributed by atoms with Crippen LogP contribution in [0, 0.1) is 6.92 Å². The molecule has 2 aromatic carbocycles. The van der Waals surface area contributed by atoms with Gasteiger partial charge in [-0.3, -0.25) is 9.59 Å². The molecule has 1 N–H and O–H groups in total. The zero-order valence-electron chi connectivity index (χ0n) is 17.6. The summed E-state index contributed by atoms with van der Waals surface area (Å²) in [5.74, 6) is 1.23. The number of aryl methyl sites for hydroxylation is 1. The van der Waals surface area contributed by atoms with Crippen LogP contribution >= 0.6 is 0 Å². The molecule has 1 aliphatic rings. The summed E-state index contributed by atoms with van der Waals surface area (Å²) < 4.78 is 15.9. The summed E-state index contributed by atoms with van der Waals surface area (Å²) in [5.41, 5.74) is 2.70. The average molecular weight is 410 g/mol. The van der Waals surface area contributed by atoms with Crippen LogP contribution in [0.3, 0.4) is 0 Å². The van der Waals surface area contributed by atoms with Crippen LogP contribution in [-0.2, 0) is 9.59 Å². The maximum absolute atomic E-state index is 12.4. The van der Waals surface area contributed by atoms with E-state index in [1.54, 1.807) is 23.1 Å². The number of ether oxygens (including phenoxy) is 3. The van der Waals surface area contributed by atoms with Gasteiger partial charge in [-0.15, -0.1) is 0 Å². The molecule has 30 heavy (non-hydrogen) atoms. The number of amides is 2. The first-order valence-corrected chi connectivity index (χ1v) is 9.60. The van der Waals surface area contributed by atoms with Gasteiger partial charge >= 0.3 is 0 Å². The second-order valence-electron chi connectivity index (χ2n) is 7.04. The van der Waals surface area contributed by atoms with Crippen molar-refractivity contribution in [2.75, 3.05) is 32.8 Å². The Morgan fingerprint density at radius 2 is 1.70 bits per heavy atom. The highest BCUT2D eigenvalue weighted by Gasteiger charge is 2.31. The highest BCUT2D eigenvalue weighted by atomic mass is 16.5. The van der Waals surface area contributed by atoms with Crippen LogP contribution in [0.5, 0.6) is 17.2 Å². The monoisotopic (exact) mass is 410 g/mol. The van der Waals surface area contributed by atoms with Crippen molar-refractivity contribution < 1.29 is 23.8 Å². The standard InChI is InChI=1S/C23H26N2O5/c1-15-5-8-18(9-6-15)25-14-17(13-22(25)27)24-21(26)10-7-16-11-19(28-2)23(30-4)20(12-16)29-3/h5-12,17H,13-14H2,1-4H3,(H,24,26)/b10-7+/t17-/m1/s1. The Labute approximate surface area is 176 Å². The van der Waals surface area contributed by atoms with E-state index in [2.05, 4.69) is 5.32 Å². The number of nitrogens with one attached hydrogen (secondary N) is 1. The molecule has 1 atom stereocenters. The minimum absolute atomic E-state index is 0.00207.